The lowest BCUT2D eigenvalue weighted by molar-refractivity contribution is -0.123. The Balaban J connectivity index is 2.14. The van der Waals surface area contributed by atoms with Crippen molar-refractivity contribution in [2.45, 2.75) is 39.2 Å². The van der Waals surface area contributed by atoms with E-state index in [0.717, 1.165) is 23.6 Å². The van der Waals surface area contributed by atoms with E-state index < -0.39 is 15.9 Å². The predicted octanol–water partition coefficient (Wildman–Crippen LogP) is 0.986. The maximum absolute atomic E-state index is 12.3. The molecule has 1 amide bonds. The Bertz CT molecular complexity index is 572. The summed E-state index contributed by atoms with van der Waals surface area (Å²) >= 11 is 0. The van der Waals surface area contributed by atoms with Gasteiger partial charge < -0.3 is 0 Å². The fourth-order valence-corrected chi connectivity index (χ4v) is 7.10. The van der Waals surface area contributed by atoms with Crippen LogP contribution in [0, 0.1) is 29.1 Å². The number of nitrogens with zero attached hydrogens (tertiary/aromatic N) is 1. The largest absolute Gasteiger partial charge is 0.311 e. The molecular formula is C13H17NO3S. The molecule has 0 radical (unpaired) electrons. The molecule has 18 heavy (non-hydrogen) atoms. The second-order valence-electron chi connectivity index (χ2n) is 6.37. The first-order valence-electron chi connectivity index (χ1n) is 6.29. The fourth-order valence-electron chi connectivity index (χ4n) is 4.62. The molecule has 2 saturated carbocycles. The molecule has 98 valence electrons. The van der Waals surface area contributed by atoms with Gasteiger partial charge >= 0.3 is 5.91 Å². The van der Waals surface area contributed by atoms with Gasteiger partial charge in [0.25, 0.3) is 0 Å². The van der Waals surface area contributed by atoms with Gasteiger partial charge in [-0.3, -0.25) is 4.79 Å². The van der Waals surface area contributed by atoms with Gasteiger partial charge in [-0.15, -0.1) is 6.42 Å². The van der Waals surface area contributed by atoms with Crippen molar-refractivity contribution in [1.82, 2.24) is 4.31 Å². The number of carbonyl (C=O) groups excluding carboxylic acids is 1. The highest BCUT2D eigenvalue weighted by molar-refractivity contribution is 7.90. The Morgan fingerprint density at radius 1 is 1.44 bits per heavy atom. The Morgan fingerprint density at radius 2 is 2.11 bits per heavy atom. The van der Waals surface area contributed by atoms with Crippen LogP contribution in [-0.4, -0.2) is 30.4 Å². The summed E-state index contributed by atoms with van der Waals surface area (Å²) < 4.78 is 25.5. The zero-order valence-corrected chi connectivity index (χ0v) is 11.5. The molecule has 2 bridgehead atoms. The molecular weight excluding hydrogens is 250 g/mol. The topological polar surface area (TPSA) is 54.5 Å². The van der Waals surface area contributed by atoms with E-state index in [-0.39, 0.29) is 22.6 Å². The molecule has 3 unspecified atom stereocenters. The highest BCUT2D eigenvalue weighted by Gasteiger charge is 2.72. The molecule has 0 N–H and O–H groups in total. The minimum Gasteiger partial charge on any atom is -0.258 e. The maximum atomic E-state index is 12.3. The van der Waals surface area contributed by atoms with Gasteiger partial charge in [-0.2, -0.15) is 0 Å². The van der Waals surface area contributed by atoms with Crippen molar-refractivity contribution < 1.29 is 13.2 Å². The van der Waals surface area contributed by atoms with E-state index in [0.29, 0.717) is 5.92 Å². The maximum Gasteiger partial charge on any atom is 0.311 e. The third-order valence-corrected chi connectivity index (χ3v) is 7.63. The van der Waals surface area contributed by atoms with E-state index in [1.165, 1.54) is 0 Å². The quantitative estimate of drug-likeness (QED) is 0.615. The second-order valence-corrected chi connectivity index (χ2v) is 8.21. The Labute approximate surface area is 108 Å². The van der Waals surface area contributed by atoms with Crippen molar-refractivity contribution in [2.24, 2.45) is 16.7 Å². The molecule has 0 aromatic rings. The SMILES string of the molecule is C#CC(=O)N1C2CC3CCC2(CS1(=O)=O)C3(C)C. The summed E-state index contributed by atoms with van der Waals surface area (Å²) in [4.78, 5) is 11.8. The molecule has 1 heterocycles. The van der Waals surface area contributed by atoms with E-state index >= 15 is 0 Å². The van der Waals surface area contributed by atoms with Crippen molar-refractivity contribution in [1.29, 1.82) is 0 Å². The number of rotatable bonds is 0. The number of amides is 1. The molecule has 3 atom stereocenters. The number of sulfonamides is 1. The van der Waals surface area contributed by atoms with Crippen LogP contribution in [0.15, 0.2) is 0 Å². The van der Waals surface area contributed by atoms with E-state index in [2.05, 4.69) is 13.8 Å². The van der Waals surface area contributed by atoms with Gasteiger partial charge in [-0.25, -0.2) is 12.7 Å². The number of fused-ring (bicyclic) bond motifs is 1. The number of carbonyl (C=O) groups is 1. The number of hydrogen-bond acceptors (Lipinski definition) is 3. The monoisotopic (exact) mass is 267 g/mol. The van der Waals surface area contributed by atoms with Gasteiger partial charge in [0, 0.05) is 5.41 Å². The van der Waals surface area contributed by atoms with Crippen LogP contribution in [0.3, 0.4) is 0 Å². The third kappa shape index (κ3) is 1.08. The standard InChI is InChI=1S/C13H17NO3S/c1-4-11(15)14-10-7-9-5-6-13(10,12(9,2)3)8-18(14,16)17/h1,9-10H,5-8H2,2-3H3. The predicted molar refractivity (Wildman–Crippen MR) is 66.8 cm³/mol. The molecule has 2 aliphatic carbocycles. The molecule has 4 nitrogen and oxygen atoms in total. The first-order valence-corrected chi connectivity index (χ1v) is 7.90. The van der Waals surface area contributed by atoms with E-state index in [4.69, 9.17) is 6.42 Å². The molecule has 0 aromatic heterocycles. The van der Waals surface area contributed by atoms with Gasteiger partial charge in [0.15, 0.2) is 0 Å². The minimum absolute atomic E-state index is 0.0195. The summed E-state index contributed by atoms with van der Waals surface area (Å²) in [5, 5.41) is 0. The molecule has 3 aliphatic rings. The van der Waals surface area contributed by atoms with E-state index in [9.17, 15) is 13.2 Å². The lowest BCUT2D eigenvalue weighted by Crippen LogP contribution is -2.43. The molecule has 1 spiro atoms. The van der Waals surface area contributed by atoms with Crippen LogP contribution in [-0.2, 0) is 14.8 Å². The average Bonchev–Trinajstić information content (AvgIpc) is 2.74. The normalized spacial score (nSPS) is 42.6. The molecule has 1 aliphatic heterocycles. The summed E-state index contributed by atoms with van der Waals surface area (Å²) in [6.45, 7) is 4.29. The first kappa shape index (κ1) is 12.0. The lowest BCUT2D eigenvalue weighted by Gasteiger charge is -2.36. The zero-order chi connectivity index (χ0) is 13.3. The van der Waals surface area contributed by atoms with Crippen molar-refractivity contribution in [2.75, 3.05) is 5.75 Å². The van der Waals surface area contributed by atoms with Gasteiger partial charge in [-0.1, -0.05) is 13.8 Å². The van der Waals surface area contributed by atoms with Gasteiger partial charge in [0.1, 0.15) is 0 Å². The Hall–Kier alpha value is -1.02. The summed E-state index contributed by atoms with van der Waals surface area (Å²) in [6.07, 6.45) is 7.85. The van der Waals surface area contributed by atoms with Gasteiger partial charge in [0.2, 0.25) is 10.0 Å². The second kappa shape index (κ2) is 3.11. The zero-order valence-electron chi connectivity index (χ0n) is 10.6. The number of terminal acetylenes is 1. The van der Waals surface area contributed by atoms with Crippen LogP contribution in [0.4, 0.5) is 0 Å². The van der Waals surface area contributed by atoms with Gasteiger partial charge in [-0.05, 0) is 36.5 Å². The van der Waals surface area contributed by atoms with Crippen molar-refractivity contribution in [3.05, 3.63) is 0 Å². The van der Waals surface area contributed by atoms with E-state index in [1.807, 2.05) is 5.92 Å². The first-order chi connectivity index (χ1) is 8.26. The Kier molecular flexibility index (Phi) is 2.08. The van der Waals surface area contributed by atoms with Crippen LogP contribution in [0.2, 0.25) is 0 Å². The smallest absolute Gasteiger partial charge is 0.258 e. The third-order valence-electron chi connectivity index (χ3n) is 5.73. The minimum atomic E-state index is -3.53. The molecule has 0 aromatic carbocycles. The molecule has 1 saturated heterocycles. The summed E-state index contributed by atoms with van der Waals surface area (Å²) in [5.41, 5.74) is -0.294. The van der Waals surface area contributed by atoms with Crippen LogP contribution in [0.1, 0.15) is 33.1 Å². The molecule has 3 fully saturated rings. The van der Waals surface area contributed by atoms with Crippen molar-refractivity contribution >= 4 is 15.9 Å². The van der Waals surface area contributed by atoms with Crippen LogP contribution in [0.25, 0.3) is 0 Å². The Morgan fingerprint density at radius 3 is 2.67 bits per heavy atom. The highest BCUT2D eigenvalue weighted by atomic mass is 32.2. The van der Waals surface area contributed by atoms with Crippen molar-refractivity contribution in [3.63, 3.8) is 0 Å². The van der Waals surface area contributed by atoms with Crippen molar-refractivity contribution in [3.8, 4) is 12.3 Å². The molecule has 5 heteroatoms. The van der Waals surface area contributed by atoms with Crippen LogP contribution >= 0.6 is 0 Å². The lowest BCUT2D eigenvalue weighted by atomic mass is 9.69. The molecule has 3 rings (SSSR count). The van der Waals surface area contributed by atoms with Gasteiger partial charge in [0.05, 0.1) is 11.8 Å². The summed E-state index contributed by atoms with van der Waals surface area (Å²) in [6, 6.07) is -0.209. The summed E-state index contributed by atoms with van der Waals surface area (Å²) in [5.74, 6) is 1.86. The highest BCUT2D eigenvalue weighted by Crippen LogP contribution is 2.69. The number of hydrogen-bond donors (Lipinski definition) is 0. The fraction of sp³-hybridized carbons (Fsp3) is 0.769. The average molecular weight is 267 g/mol. The summed E-state index contributed by atoms with van der Waals surface area (Å²) in [7, 11) is -3.53. The van der Waals surface area contributed by atoms with Crippen LogP contribution < -0.4 is 0 Å². The van der Waals surface area contributed by atoms with Crippen LogP contribution in [0.5, 0.6) is 0 Å². The van der Waals surface area contributed by atoms with E-state index in [1.54, 1.807) is 0 Å².